The van der Waals surface area contributed by atoms with E-state index in [1.807, 2.05) is 0 Å². The van der Waals surface area contributed by atoms with Gasteiger partial charge >= 0.3 is 12.1 Å². The number of alkyl halides is 3. The van der Waals surface area contributed by atoms with Crippen molar-refractivity contribution in [1.82, 2.24) is 9.62 Å². The average Bonchev–Trinajstić information content (AvgIpc) is 3.41. The van der Waals surface area contributed by atoms with E-state index in [2.05, 4.69) is 4.72 Å². The predicted octanol–water partition coefficient (Wildman–Crippen LogP) is 3.13. The summed E-state index contributed by atoms with van der Waals surface area (Å²) in [6, 6.07) is 10.9. The van der Waals surface area contributed by atoms with Gasteiger partial charge in [0.1, 0.15) is 16.1 Å². The number of halogens is 4. The second-order valence-corrected chi connectivity index (χ2v) is 11.5. The van der Waals surface area contributed by atoms with Crippen LogP contribution in [0.25, 0.3) is 10.1 Å². The number of rotatable bonds is 6. The molecule has 0 unspecified atom stereocenters. The Kier molecular flexibility index (Phi) is 8.55. The van der Waals surface area contributed by atoms with Crippen LogP contribution in [-0.2, 0) is 26.2 Å². The van der Waals surface area contributed by atoms with Gasteiger partial charge in [0, 0.05) is 39.4 Å². The van der Waals surface area contributed by atoms with Crippen molar-refractivity contribution < 1.29 is 36.3 Å². The second-order valence-electron chi connectivity index (χ2n) is 8.07. The van der Waals surface area contributed by atoms with E-state index >= 15 is 0 Å². The molecule has 1 fully saturated rings. The molecule has 1 amide bonds. The quantitative estimate of drug-likeness (QED) is 0.166. The number of carboxylic acids is 1. The maximum Gasteiger partial charge on any atom is 0.490 e. The maximum atomic E-state index is 12.9. The van der Waals surface area contributed by atoms with Gasteiger partial charge in [-0.25, -0.2) is 13.2 Å². The van der Waals surface area contributed by atoms with Crippen molar-refractivity contribution in [3.05, 3.63) is 58.6 Å². The molecule has 0 spiro atoms. The summed E-state index contributed by atoms with van der Waals surface area (Å²) >= 11 is 7.26. The van der Waals surface area contributed by atoms with Crippen LogP contribution in [0.1, 0.15) is 17.5 Å². The SMILES string of the molecule is N=C(N)c1ccc(N)c(CN2CC[C@H](NS(=O)(=O)c3cc4c(Cl)cccc4s3)C2=O)c1.O=C(O)C(F)(F)F. The molecular weight excluding hydrogens is 571 g/mol. The van der Waals surface area contributed by atoms with Crippen molar-refractivity contribution in [2.45, 2.75) is 29.4 Å². The number of thiophene rings is 1. The lowest BCUT2D eigenvalue weighted by Crippen LogP contribution is -2.41. The fourth-order valence-electron chi connectivity index (χ4n) is 3.50. The van der Waals surface area contributed by atoms with E-state index in [4.69, 9.17) is 38.4 Å². The zero-order chi connectivity index (χ0) is 28.4. The van der Waals surface area contributed by atoms with Crippen molar-refractivity contribution in [2.24, 2.45) is 5.73 Å². The Morgan fingerprint density at radius 3 is 2.50 bits per heavy atom. The molecule has 2 heterocycles. The van der Waals surface area contributed by atoms with Crippen LogP contribution in [0.4, 0.5) is 18.9 Å². The van der Waals surface area contributed by atoms with E-state index in [0.717, 1.165) is 16.0 Å². The highest BCUT2D eigenvalue weighted by molar-refractivity contribution is 7.91. The summed E-state index contributed by atoms with van der Waals surface area (Å²) in [6.45, 7) is 0.594. The minimum atomic E-state index is -5.08. The molecule has 10 nitrogen and oxygen atoms in total. The smallest absolute Gasteiger partial charge is 0.475 e. The number of amides is 1. The molecular formula is C22H21ClF3N5O5S2. The lowest BCUT2D eigenvalue weighted by molar-refractivity contribution is -0.192. The topological polar surface area (TPSA) is 180 Å². The minimum Gasteiger partial charge on any atom is -0.475 e. The molecule has 204 valence electrons. The first-order valence-electron chi connectivity index (χ1n) is 10.6. The molecule has 38 heavy (non-hydrogen) atoms. The number of carbonyl (C=O) groups excluding carboxylic acids is 1. The van der Waals surface area contributed by atoms with Crippen LogP contribution < -0.4 is 16.2 Å². The highest BCUT2D eigenvalue weighted by Gasteiger charge is 2.38. The normalized spacial score (nSPS) is 15.8. The predicted molar refractivity (Wildman–Crippen MR) is 137 cm³/mol. The molecule has 0 aliphatic carbocycles. The molecule has 1 aliphatic heterocycles. The molecule has 1 aliphatic rings. The average molecular weight is 592 g/mol. The lowest BCUT2D eigenvalue weighted by atomic mass is 10.1. The van der Waals surface area contributed by atoms with Crippen LogP contribution in [0.3, 0.4) is 0 Å². The third kappa shape index (κ3) is 6.72. The van der Waals surface area contributed by atoms with Crippen molar-refractivity contribution in [2.75, 3.05) is 12.3 Å². The van der Waals surface area contributed by atoms with Crippen molar-refractivity contribution >= 4 is 66.4 Å². The molecule has 0 radical (unpaired) electrons. The number of likely N-dealkylation sites (tertiary alicyclic amines) is 1. The Hall–Kier alpha value is -3.40. The third-order valence-electron chi connectivity index (χ3n) is 5.40. The van der Waals surface area contributed by atoms with Gasteiger partial charge < -0.3 is 21.5 Å². The van der Waals surface area contributed by atoms with Gasteiger partial charge in [-0.2, -0.15) is 17.9 Å². The zero-order valence-corrected chi connectivity index (χ0v) is 21.6. The second kappa shape index (κ2) is 11.1. The highest BCUT2D eigenvalue weighted by atomic mass is 35.5. The fourth-order valence-corrected chi connectivity index (χ4v) is 6.44. The number of amidine groups is 1. The number of hydrogen-bond donors (Lipinski definition) is 5. The molecule has 0 saturated carbocycles. The van der Waals surface area contributed by atoms with Gasteiger partial charge in [-0.3, -0.25) is 10.2 Å². The Morgan fingerprint density at radius 1 is 1.26 bits per heavy atom. The first-order chi connectivity index (χ1) is 17.6. The molecule has 0 bridgehead atoms. The van der Waals surface area contributed by atoms with Gasteiger partial charge in [0.2, 0.25) is 5.91 Å². The summed E-state index contributed by atoms with van der Waals surface area (Å²) in [7, 11) is -3.88. The summed E-state index contributed by atoms with van der Waals surface area (Å²) in [5.74, 6) is -3.18. The Balaban J connectivity index is 0.000000505. The van der Waals surface area contributed by atoms with Crippen LogP contribution in [0.5, 0.6) is 0 Å². The number of benzene rings is 2. The number of nitrogen functional groups attached to an aromatic ring is 2. The van der Waals surface area contributed by atoms with Crippen LogP contribution in [0.15, 0.2) is 46.7 Å². The van der Waals surface area contributed by atoms with Gasteiger partial charge in [-0.1, -0.05) is 17.7 Å². The zero-order valence-electron chi connectivity index (χ0n) is 19.3. The minimum absolute atomic E-state index is 0.0944. The van der Waals surface area contributed by atoms with E-state index in [9.17, 15) is 26.4 Å². The molecule has 1 aromatic heterocycles. The summed E-state index contributed by atoms with van der Waals surface area (Å²) < 4.78 is 60.9. The summed E-state index contributed by atoms with van der Waals surface area (Å²) in [5, 5.41) is 15.8. The van der Waals surface area contributed by atoms with Crippen LogP contribution in [0.2, 0.25) is 5.02 Å². The molecule has 16 heteroatoms. The summed E-state index contributed by atoms with van der Waals surface area (Å²) in [6.07, 6.45) is -4.74. The first-order valence-corrected chi connectivity index (χ1v) is 13.3. The number of nitrogens with two attached hydrogens (primary N) is 2. The lowest BCUT2D eigenvalue weighted by Gasteiger charge is -2.19. The molecule has 3 aromatic rings. The maximum absolute atomic E-state index is 12.9. The molecule has 7 N–H and O–H groups in total. The number of sulfonamides is 1. The van der Waals surface area contributed by atoms with Crippen LogP contribution in [0, 0.1) is 5.41 Å². The first kappa shape index (κ1) is 29.2. The van der Waals surface area contributed by atoms with E-state index in [1.165, 1.54) is 6.07 Å². The monoisotopic (exact) mass is 591 g/mol. The Labute approximate surface area is 223 Å². The number of anilines is 1. The number of fused-ring (bicyclic) bond motifs is 1. The number of nitrogens with one attached hydrogen (secondary N) is 2. The van der Waals surface area contributed by atoms with Crippen molar-refractivity contribution in [1.29, 1.82) is 5.41 Å². The van der Waals surface area contributed by atoms with Crippen LogP contribution in [-0.4, -0.2) is 54.9 Å². The highest BCUT2D eigenvalue weighted by Crippen LogP contribution is 2.34. The van der Waals surface area contributed by atoms with E-state index in [0.29, 0.717) is 40.2 Å². The van der Waals surface area contributed by atoms with E-state index in [-0.39, 0.29) is 22.5 Å². The molecule has 1 saturated heterocycles. The number of hydrogen-bond acceptors (Lipinski definition) is 7. The van der Waals surface area contributed by atoms with Crippen LogP contribution >= 0.6 is 22.9 Å². The molecule has 1 atom stereocenters. The Bertz CT molecular complexity index is 1510. The van der Waals surface area contributed by atoms with E-state index < -0.39 is 28.2 Å². The molecule has 4 rings (SSSR count). The van der Waals surface area contributed by atoms with Gasteiger partial charge in [-0.05, 0) is 48.4 Å². The number of nitrogens with zero attached hydrogens (tertiary/aromatic N) is 1. The van der Waals surface area contributed by atoms with Gasteiger partial charge in [0.25, 0.3) is 10.0 Å². The Morgan fingerprint density at radius 2 is 1.92 bits per heavy atom. The number of carboxylic acid groups (broad SMARTS) is 1. The van der Waals surface area contributed by atoms with Crippen molar-refractivity contribution in [3.63, 3.8) is 0 Å². The molecule has 2 aromatic carbocycles. The van der Waals surface area contributed by atoms with Gasteiger partial charge in [0.15, 0.2) is 0 Å². The number of aliphatic carboxylic acids is 1. The van der Waals surface area contributed by atoms with Crippen molar-refractivity contribution in [3.8, 4) is 0 Å². The van der Waals surface area contributed by atoms with E-state index in [1.54, 1.807) is 41.3 Å². The summed E-state index contributed by atoms with van der Waals surface area (Å²) in [4.78, 5) is 23.3. The van der Waals surface area contributed by atoms with Gasteiger partial charge in [-0.15, -0.1) is 11.3 Å². The summed E-state index contributed by atoms with van der Waals surface area (Å²) in [5.41, 5.74) is 13.2. The van der Waals surface area contributed by atoms with Gasteiger partial charge in [0.05, 0.1) is 0 Å². The standard InChI is InChI=1S/C20H20ClN5O3S2.C2HF3O2/c21-14-2-1-3-17-13(14)9-18(30-17)31(28,29)25-16-6-7-26(20(16)27)10-12-8-11(19(23)24)4-5-15(12)22;3-2(4,5)1(6)7/h1-5,8-9,16,25H,6-7,10,22H2,(H3,23,24);(H,6,7)/t16-;/m0./s1. The third-order valence-corrected chi connectivity index (χ3v) is 8.78. The number of carbonyl (C=O) groups is 2. The fraction of sp³-hybridized carbons (Fsp3) is 0.227. The largest absolute Gasteiger partial charge is 0.490 e.